The number of carbonyl (C=O) groups excluding carboxylic acids is 3. The van der Waals surface area contributed by atoms with Crippen LogP contribution in [-0.4, -0.2) is 48.1 Å². The fourth-order valence-electron chi connectivity index (χ4n) is 3.33. The van der Waals surface area contributed by atoms with Crippen molar-refractivity contribution < 1.29 is 19.1 Å². The number of rotatable bonds is 3. The average Bonchev–Trinajstić information content (AvgIpc) is 3.12. The summed E-state index contributed by atoms with van der Waals surface area (Å²) in [5, 5.41) is 5.61. The zero-order valence-electron chi connectivity index (χ0n) is 14.6. The van der Waals surface area contributed by atoms with Gasteiger partial charge in [0.15, 0.2) is 5.69 Å². The van der Waals surface area contributed by atoms with E-state index in [0.717, 1.165) is 11.3 Å². The van der Waals surface area contributed by atoms with Crippen molar-refractivity contribution in [3.8, 4) is 0 Å². The molecular weight excluding hydrogens is 350 g/mol. The normalized spacial score (nSPS) is 18.6. The van der Waals surface area contributed by atoms with Gasteiger partial charge in [0.25, 0.3) is 0 Å². The van der Waals surface area contributed by atoms with E-state index in [1.165, 1.54) is 19.5 Å². The number of aromatic nitrogens is 2. The van der Waals surface area contributed by atoms with E-state index in [0.29, 0.717) is 24.5 Å². The zero-order chi connectivity index (χ0) is 19.0. The number of urea groups is 1. The Labute approximate surface area is 154 Å². The number of fused-ring (bicyclic) bond motifs is 1. The lowest BCUT2D eigenvalue weighted by molar-refractivity contribution is -0.116. The molecule has 0 radical (unpaired) electrons. The molecule has 3 amide bonds. The molecule has 1 fully saturated rings. The Hall–Kier alpha value is -3.49. The molecule has 0 spiro atoms. The summed E-state index contributed by atoms with van der Waals surface area (Å²) in [5.41, 5.74) is 2.95. The summed E-state index contributed by atoms with van der Waals surface area (Å²) in [6, 6.07) is 5.37. The van der Waals surface area contributed by atoms with Crippen molar-refractivity contribution in [3.05, 3.63) is 47.5 Å². The van der Waals surface area contributed by atoms with Gasteiger partial charge in [-0.2, -0.15) is 0 Å². The van der Waals surface area contributed by atoms with Crippen molar-refractivity contribution >= 4 is 29.3 Å². The van der Waals surface area contributed by atoms with Crippen LogP contribution in [0.25, 0.3) is 0 Å². The van der Waals surface area contributed by atoms with E-state index < -0.39 is 5.97 Å². The lowest BCUT2D eigenvalue weighted by Gasteiger charge is -2.26. The molecule has 4 rings (SSSR count). The Balaban J connectivity index is 1.67. The van der Waals surface area contributed by atoms with E-state index in [4.69, 9.17) is 0 Å². The molecule has 9 heteroatoms. The summed E-state index contributed by atoms with van der Waals surface area (Å²) < 4.78 is 4.62. The second-order valence-corrected chi connectivity index (χ2v) is 6.28. The van der Waals surface area contributed by atoms with Crippen molar-refractivity contribution in [2.24, 2.45) is 0 Å². The molecule has 1 unspecified atom stereocenters. The Morgan fingerprint density at radius 2 is 2.11 bits per heavy atom. The number of nitrogens with one attached hydrogen (secondary N) is 2. The summed E-state index contributed by atoms with van der Waals surface area (Å²) >= 11 is 0. The zero-order valence-corrected chi connectivity index (χ0v) is 14.6. The molecule has 3 heterocycles. The van der Waals surface area contributed by atoms with Gasteiger partial charge in [-0.25, -0.2) is 14.6 Å². The minimum absolute atomic E-state index is 0.108. The maximum absolute atomic E-state index is 12.2. The third kappa shape index (κ3) is 3.07. The second kappa shape index (κ2) is 6.67. The number of methoxy groups -OCH3 is 1. The molecular formula is C18H17N5O4. The number of carbonyl (C=O) groups is 3. The highest BCUT2D eigenvalue weighted by Gasteiger charge is 2.30. The van der Waals surface area contributed by atoms with Crippen LogP contribution in [0.3, 0.4) is 0 Å². The molecule has 9 nitrogen and oxygen atoms in total. The number of esters is 1. The van der Waals surface area contributed by atoms with E-state index in [1.807, 2.05) is 12.1 Å². The summed E-state index contributed by atoms with van der Waals surface area (Å²) in [5.74, 6) is -0.992. The summed E-state index contributed by atoms with van der Waals surface area (Å²) in [6.07, 6.45) is 3.06. The van der Waals surface area contributed by atoms with Gasteiger partial charge in [0, 0.05) is 36.8 Å². The fourth-order valence-corrected chi connectivity index (χ4v) is 3.33. The molecule has 2 N–H and O–H groups in total. The Bertz CT molecular complexity index is 928. The standard InChI is InChI=1S/C18H17N5O4/c1-27-17(25)15-9-20-14(8-21-15)12-7-16(24)22-13-6-10(2-3-11(12)13)23-5-4-19-18(23)26/h2-3,6,8-9,12H,4-5,7H2,1H3,(H,19,26)(H,22,24). The van der Waals surface area contributed by atoms with Crippen molar-refractivity contribution in [3.63, 3.8) is 0 Å². The molecule has 2 aromatic rings. The van der Waals surface area contributed by atoms with Gasteiger partial charge in [0.2, 0.25) is 5.91 Å². The van der Waals surface area contributed by atoms with Gasteiger partial charge in [-0.3, -0.25) is 14.7 Å². The SMILES string of the molecule is COC(=O)c1cnc(C2CC(=O)Nc3cc(N4CCNC4=O)ccc32)cn1. The van der Waals surface area contributed by atoms with Crippen molar-refractivity contribution in [1.29, 1.82) is 0 Å². The number of amides is 3. The first-order valence-electron chi connectivity index (χ1n) is 8.46. The molecule has 2 aliphatic rings. The van der Waals surface area contributed by atoms with Crippen LogP contribution in [0.2, 0.25) is 0 Å². The monoisotopic (exact) mass is 367 g/mol. The van der Waals surface area contributed by atoms with Gasteiger partial charge in [-0.1, -0.05) is 6.07 Å². The lowest BCUT2D eigenvalue weighted by Crippen LogP contribution is -2.29. The van der Waals surface area contributed by atoms with E-state index in [2.05, 4.69) is 25.3 Å². The summed E-state index contributed by atoms with van der Waals surface area (Å²) in [6.45, 7) is 1.17. The molecule has 1 aromatic carbocycles. The minimum Gasteiger partial charge on any atom is -0.464 e. The van der Waals surface area contributed by atoms with Crippen LogP contribution in [0, 0.1) is 0 Å². The highest BCUT2D eigenvalue weighted by Crippen LogP contribution is 2.38. The van der Waals surface area contributed by atoms with Crippen LogP contribution in [0.1, 0.15) is 34.1 Å². The van der Waals surface area contributed by atoms with Gasteiger partial charge in [0.05, 0.1) is 25.2 Å². The molecule has 0 aliphatic carbocycles. The van der Waals surface area contributed by atoms with Crippen LogP contribution < -0.4 is 15.5 Å². The summed E-state index contributed by atoms with van der Waals surface area (Å²) in [4.78, 5) is 45.6. The predicted octanol–water partition coefficient (Wildman–Crippen LogP) is 1.27. The molecule has 0 bridgehead atoms. The van der Waals surface area contributed by atoms with Gasteiger partial charge >= 0.3 is 12.0 Å². The smallest absolute Gasteiger partial charge is 0.358 e. The molecule has 138 valence electrons. The largest absolute Gasteiger partial charge is 0.464 e. The Morgan fingerprint density at radius 1 is 1.26 bits per heavy atom. The van der Waals surface area contributed by atoms with Crippen LogP contribution in [0.15, 0.2) is 30.6 Å². The summed E-state index contributed by atoms with van der Waals surface area (Å²) in [7, 11) is 1.28. The Morgan fingerprint density at radius 3 is 2.78 bits per heavy atom. The first kappa shape index (κ1) is 17.0. The number of nitrogens with zero attached hydrogens (tertiary/aromatic N) is 3. The molecule has 2 aliphatic heterocycles. The first-order chi connectivity index (χ1) is 13.1. The third-order valence-corrected chi connectivity index (χ3v) is 4.67. The van der Waals surface area contributed by atoms with Crippen LogP contribution in [-0.2, 0) is 9.53 Å². The van der Waals surface area contributed by atoms with Crippen LogP contribution >= 0.6 is 0 Å². The number of hydrogen-bond acceptors (Lipinski definition) is 6. The van der Waals surface area contributed by atoms with E-state index in [-0.39, 0.29) is 30.0 Å². The molecule has 1 atom stereocenters. The number of hydrogen-bond donors (Lipinski definition) is 2. The van der Waals surface area contributed by atoms with Gasteiger partial charge in [-0.15, -0.1) is 0 Å². The molecule has 1 aromatic heterocycles. The van der Waals surface area contributed by atoms with Crippen LogP contribution in [0.5, 0.6) is 0 Å². The maximum Gasteiger partial charge on any atom is 0.358 e. The minimum atomic E-state index is -0.565. The Kier molecular flexibility index (Phi) is 4.19. The van der Waals surface area contributed by atoms with Gasteiger partial charge in [0.1, 0.15) is 0 Å². The molecule has 27 heavy (non-hydrogen) atoms. The lowest BCUT2D eigenvalue weighted by atomic mass is 9.88. The number of benzene rings is 1. The van der Waals surface area contributed by atoms with Crippen molar-refractivity contribution in [2.45, 2.75) is 12.3 Å². The van der Waals surface area contributed by atoms with Crippen LogP contribution in [0.4, 0.5) is 16.2 Å². The third-order valence-electron chi connectivity index (χ3n) is 4.67. The predicted molar refractivity (Wildman–Crippen MR) is 95.6 cm³/mol. The highest BCUT2D eigenvalue weighted by atomic mass is 16.5. The van der Waals surface area contributed by atoms with E-state index in [9.17, 15) is 14.4 Å². The number of anilines is 2. The molecule has 1 saturated heterocycles. The molecule has 0 saturated carbocycles. The topological polar surface area (TPSA) is 114 Å². The van der Waals surface area contributed by atoms with Crippen molar-refractivity contribution in [1.82, 2.24) is 15.3 Å². The van der Waals surface area contributed by atoms with Gasteiger partial charge < -0.3 is 15.4 Å². The second-order valence-electron chi connectivity index (χ2n) is 6.28. The van der Waals surface area contributed by atoms with E-state index >= 15 is 0 Å². The first-order valence-corrected chi connectivity index (χ1v) is 8.46. The average molecular weight is 367 g/mol. The number of ether oxygens (including phenoxy) is 1. The van der Waals surface area contributed by atoms with E-state index in [1.54, 1.807) is 11.0 Å². The quantitative estimate of drug-likeness (QED) is 0.790. The highest BCUT2D eigenvalue weighted by molar-refractivity contribution is 5.98. The van der Waals surface area contributed by atoms with Crippen molar-refractivity contribution in [2.75, 3.05) is 30.4 Å². The maximum atomic E-state index is 12.2. The fraction of sp³-hybridized carbons (Fsp3) is 0.278. The van der Waals surface area contributed by atoms with Gasteiger partial charge in [-0.05, 0) is 17.7 Å².